The summed E-state index contributed by atoms with van der Waals surface area (Å²) in [5, 5.41) is 2.47. The smallest absolute Gasteiger partial charge is 0.0323 e. The summed E-state index contributed by atoms with van der Waals surface area (Å²) in [4.78, 5) is 0. The first-order valence-corrected chi connectivity index (χ1v) is 7.80. The molecule has 1 atom stereocenters. The van der Waals surface area contributed by atoms with Crippen molar-refractivity contribution >= 4 is 16.5 Å². The van der Waals surface area contributed by atoms with Crippen molar-refractivity contribution in [3.63, 3.8) is 0 Å². The van der Waals surface area contributed by atoms with E-state index in [1.807, 2.05) is 6.07 Å². The van der Waals surface area contributed by atoms with Crippen molar-refractivity contribution in [3.05, 3.63) is 65.2 Å². The normalized spacial score (nSPS) is 16.9. The molecule has 1 aliphatic rings. The van der Waals surface area contributed by atoms with Crippen LogP contribution < -0.4 is 11.5 Å². The van der Waals surface area contributed by atoms with E-state index in [0.29, 0.717) is 0 Å². The minimum Gasteiger partial charge on any atom is -0.399 e. The van der Waals surface area contributed by atoms with E-state index < -0.39 is 0 Å². The third kappa shape index (κ3) is 2.08. The van der Waals surface area contributed by atoms with Crippen LogP contribution in [-0.4, -0.2) is 0 Å². The van der Waals surface area contributed by atoms with Crippen LogP contribution in [0.2, 0.25) is 0 Å². The van der Waals surface area contributed by atoms with Gasteiger partial charge in [-0.1, -0.05) is 30.3 Å². The van der Waals surface area contributed by atoms with Crippen LogP contribution in [0, 0.1) is 6.92 Å². The fraction of sp³-hybridized carbons (Fsp3) is 0.200. The van der Waals surface area contributed by atoms with Crippen LogP contribution in [-0.2, 0) is 6.42 Å². The second-order valence-corrected chi connectivity index (χ2v) is 6.33. The van der Waals surface area contributed by atoms with Gasteiger partial charge in [-0.15, -0.1) is 0 Å². The van der Waals surface area contributed by atoms with Crippen LogP contribution in [0.4, 0.5) is 5.69 Å². The van der Waals surface area contributed by atoms with Gasteiger partial charge in [-0.3, -0.25) is 0 Å². The second-order valence-electron chi connectivity index (χ2n) is 6.33. The number of nitrogen functional groups attached to an aromatic ring is 1. The van der Waals surface area contributed by atoms with Gasteiger partial charge in [0.05, 0.1) is 0 Å². The quantitative estimate of drug-likeness (QED) is 0.654. The molecule has 2 heteroatoms. The fourth-order valence-electron chi connectivity index (χ4n) is 3.60. The molecule has 0 spiro atoms. The number of anilines is 1. The number of fused-ring (bicyclic) bond motifs is 2. The van der Waals surface area contributed by atoms with Gasteiger partial charge in [0.2, 0.25) is 0 Å². The Bertz CT molecular complexity index is 880. The molecule has 1 unspecified atom stereocenters. The molecule has 0 saturated heterocycles. The Kier molecular flexibility index (Phi) is 2.95. The second kappa shape index (κ2) is 4.85. The van der Waals surface area contributed by atoms with E-state index in [0.717, 1.165) is 18.5 Å². The summed E-state index contributed by atoms with van der Waals surface area (Å²) >= 11 is 0. The van der Waals surface area contributed by atoms with Gasteiger partial charge in [-0.05, 0) is 76.6 Å². The molecule has 0 heterocycles. The molecule has 0 fully saturated rings. The average molecular weight is 288 g/mol. The number of aryl methyl sites for hydroxylation is 2. The molecule has 0 aromatic heterocycles. The van der Waals surface area contributed by atoms with Crippen LogP contribution in [0.15, 0.2) is 48.5 Å². The Labute approximate surface area is 130 Å². The van der Waals surface area contributed by atoms with Gasteiger partial charge in [-0.2, -0.15) is 0 Å². The molecule has 110 valence electrons. The number of nitrogens with two attached hydrogens (primary N) is 2. The molecule has 4 rings (SSSR count). The van der Waals surface area contributed by atoms with Crippen LogP contribution in [0.5, 0.6) is 0 Å². The third-order valence-corrected chi connectivity index (χ3v) is 4.78. The van der Waals surface area contributed by atoms with Gasteiger partial charge < -0.3 is 11.5 Å². The largest absolute Gasteiger partial charge is 0.399 e. The summed E-state index contributed by atoms with van der Waals surface area (Å²) in [6.07, 6.45) is 2.15. The predicted molar refractivity (Wildman–Crippen MR) is 93.8 cm³/mol. The molecular weight excluding hydrogens is 268 g/mol. The Morgan fingerprint density at radius 1 is 0.955 bits per heavy atom. The van der Waals surface area contributed by atoms with E-state index in [2.05, 4.69) is 49.4 Å². The topological polar surface area (TPSA) is 52.0 Å². The average Bonchev–Trinajstić information content (AvgIpc) is 2.87. The molecule has 4 N–H and O–H groups in total. The van der Waals surface area contributed by atoms with E-state index in [-0.39, 0.29) is 6.04 Å². The minimum atomic E-state index is 0.211. The maximum Gasteiger partial charge on any atom is 0.0323 e. The summed E-state index contributed by atoms with van der Waals surface area (Å²) in [5.74, 6) is 0. The lowest BCUT2D eigenvalue weighted by atomic mass is 9.96. The summed E-state index contributed by atoms with van der Waals surface area (Å²) in [6.45, 7) is 2.11. The molecular formula is C20H20N2. The molecule has 2 nitrogen and oxygen atoms in total. The van der Waals surface area contributed by atoms with Crippen LogP contribution in [0.1, 0.15) is 29.2 Å². The Morgan fingerprint density at radius 2 is 1.73 bits per heavy atom. The standard InChI is InChI=1S/C20H20N2/c1-12-8-17(21)11-16-10-14(2-5-18(12)16)13-3-6-19-15(9-13)4-7-20(19)22/h2-3,5-6,8-11,20H,4,7,21-22H2,1H3. The van der Waals surface area contributed by atoms with E-state index in [1.165, 1.54) is 38.6 Å². The van der Waals surface area contributed by atoms with Gasteiger partial charge in [-0.25, -0.2) is 0 Å². The lowest BCUT2D eigenvalue weighted by Gasteiger charge is -2.10. The van der Waals surface area contributed by atoms with Crippen molar-refractivity contribution in [2.45, 2.75) is 25.8 Å². The van der Waals surface area contributed by atoms with E-state index in [4.69, 9.17) is 11.5 Å². The summed E-state index contributed by atoms with van der Waals surface area (Å²) in [5.41, 5.74) is 19.4. The number of benzene rings is 3. The predicted octanol–water partition coefficient (Wildman–Crippen LogP) is 4.34. The zero-order chi connectivity index (χ0) is 15.3. The van der Waals surface area contributed by atoms with Crippen LogP contribution >= 0.6 is 0 Å². The van der Waals surface area contributed by atoms with E-state index in [1.54, 1.807) is 0 Å². The van der Waals surface area contributed by atoms with Gasteiger partial charge >= 0.3 is 0 Å². The lowest BCUT2D eigenvalue weighted by molar-refractivity contribution is 0.713. The van der Waals surface area contributed by atoms with Crippen LogP contribution in [0.25, 0.3) is 21.9 Å². The Morgan fingerprint density at radius 3 is 2.59 bits per heavy atom. The van der Waals surface area contributed by atoms with Gasteiger partial charge in [0.1, 0.15) is 0 Å². The summed E-state index contributed by atoms with van der Waals surface area (Å²) in [6, 6.07) is 17.6. The lowest BCUT2D eigenvalue weighted by Crippen LogP contribution is -2.04. The highest BCUT2D eigenvalue weighted by Gasteiger charge is 2.19. The SMILES string of the molecule is Cc1cc(N)cc2cc(-c3ccc4c(c3)CCC4N)ccc12. The first-order valence-electron chi connectivity index (χ1n) is 7.80. The molecule has 1 aliphatic carbocycles. The Balaban J connectivity index is 1.85. The minimum absolute atomic E-state index is 0.211. The number of hydrogen-bond donors (Lipinski definition) is 2. The first-order chi connectivity index (χ1) is 10.6. The molecule has 3 aromatic carbocycles. The number of rotatable bonds is 1. The number of hydrogen-bond acceptors (Lipinski definition) is 2. The van der Waals surface area contributed by atoms with Crippen LogP contribution in [0.3, 0.4) is 0 Å². The highest BCUT2D eigenvalue weighted by atomic mass is 14.6. The van der Waals surface area contributed by atoms with Crippen molar-refractivity contribution < 1.29 is 0 Å². The van der Waals surface area contributed by atoms with Gasteiger partial charge in [0, 0.05) is 11.7 Å². The molecule has 0 bridgehead atoms. The first kappa shape index (κ1) is 13.4. The third-order valence-electron chi connectivity index (χ3n) is 4.78. The monoisotopic (exact) mass is 288 g/mol. The maximum absolute atomic E-state index is 6.13. The molecule has 22 heavy (non-hydrogen) atoms. The van der Waals surface area contributed by atoms with Crippen molar-refractivity contribution in [1.29, 1.82) is 0 Å². The maximum atomic E-state index is 6.13. The molecule has 0 radical (unpaired) electrons. The molecule has 0 aliphatic heterocycles. The fourth-order valence-corrected chi connectivity index (χ4v) is 3.60. The highest BCUT2D eigenvalue weighted by molar-refractivity contribution is 5.92. The summed E-state index contributed by atoms with van der Waals surface area (Å²) < 4.78 is 0. The van der Waals surface area contributed by atoms with Gasteiger partial charge in [0.15, 0.2) is 0 Å². The van der Waals surface area contributed by atoms with Crippen molar-refractivity contribution in [1.82, 2.24) is 0 Å². The molecule has 0 saturated carbocycles. The molecule has 0 amide bonds. The van der Waals surface area contributed by atoms with Crippen molar-refractivity contribution in [2.24, 2.45) is 5.73 Å². The zero-order valence-corrected chi connectivity index (χ0v) is 12.8. The Hall–Kier alpha value is -2.32. The highest BCUT2D eigenvalue weighted by Crippen LogP contribution is 2.34. The zero-order valence-electron chi connectivity index (χ0n) is 12.8. The molecule has 3 aromatic rings. The van der Waals surface area contributed by atoms with Gasteiger partial charge in [0.25, 0.3) is 0 Å². The van der Waals surface area contributed by atoms with E-state index >= 15 is 0 Å². The summed E-state index contributed by atoms with van der Waals surface area (Å²) in [7, 11) is 0. The van der Waals surface area contributed by atoms with Crippen molar-refractivity contribution in [3.8, 4) is 11.1 Å². The van der Waals surface area contributed by atoms with Crippen molar-refractivity contribution in [2.75, 3.05) is 5.73 Å². The van der Waals surface area contributed by atoms with E-state index in [9.17, 15) is 0 Å².